The van der Waals surface area contributed by atoms with Gasteiger partial charge in [0, 0.05) is 12.5 Å². The number of nitrogens with two attached hydrogens (primary N) is 1. The first-order valence-corrected chi connectivity index (χ1v) is 4.74. The van der Waals surface area contributed by atoms with E-state index in [9.17, 15) is 23.3 Å². The van der Waals surface area contributed by atoms with Crippen molar-refractivity contribution in [2.24, 2.45) is 5.73 Å². The first-order valence-electron chi connectivity index (χ1n) is 4.74. The molecule has 1 atom stereocenters. The summed E-state index contributed by atoms with van der Waals surface area (Å²) in [4.78, 5) is 9.82. The molecule has 1 aromatic rings. The minimum Gasteiger partial charge on any atom is -0.320 e. The molecular weight excluding hydrogens is 237 g/mol. The van der Waals surface area contributed by atoms with Gasteiger partial charge in [0.2, 0.25) is 0 Å². The summed E-state index contributed by atoms with van der Waals surface area (Å²) < 4.78 is 38.5. The Bertz CT molecular complexity index is 436. The topological polar surface area (TPSA) is 69.2 Å². The molecule has 0 bridgehead atoms. The molecule has 0 amide bonds. The van der Waals surface area contributed by atoms with Gasteiger partial charge in [-0.1, -0.05) is 6.07 Å². The molecule has 94 valence electrons. The van der Waals surface area contributed by atoms with Gasteiger partial charge in [0.05, 0.1) is 16.0 Å². The van der Waals surface area contributed by atoms with E-state index in [2.05, 4.69) is 0 Å². The Morgan fingerprint density at radius 1 is 1.53 bits per heavy atom. The number of hydrogen-bond acceptors (Lipinski definition) is 3. The van der Waals surface area contributed by atoms with E-state index in [1.54, 1.807) is 0 Å². The molecule has 2 N–H and O–H groups in total. The van der Waals surface area contributed by atoms with Crippen LogP contribution in [0.1, 0.15) is 12.5 Å². The third-order valence-electron chi connectivity index (χ3n) is 2.35. The number of benzene rings is 1. The predicted molar refractivity (Wildman–Crippen MR) is 55.4 cm³/mol. The third-order valence-corrected chi connectivity index (χ3v) is 2.35. The van der Waals surface area contributed by atoms with Crippen LogP contribution in [0.2, 0.25) is 0 Å². The molecule has 1 rings (SSSR count). The average Bonchev–Trinajstić information content (AvgIpc) is 2.20. The number of nitrogens with zero attached hydrogens (tertiary/aromatic N) is 1. The molecule has 0 heterocycles. The van der Waals surface area contributed by atoms with Crippen LogP contribution in [0, 0.1) is 15.9 Å². The Hall–Kier alpha value is -1.63. The monoisotopic (exact) mass is 248 g/mol. The summed E-state index contributed by atoms with van der Waals surface area (Å²) in [6, 6.07) is 3.18. The van der Waals surface area contributed by atoms with Crippen LogP contribution in [0.25, 0.3) is 0 Å². The number of hydrogen-bond donors (Lipinski definition) is 1. The van der Waals surface area contributed by atoms with E-state index in [1.165, 1.54) is 0 Å². The normalized spacial score (nSPS) is 14.7. The van der Waals surface area contributed by atoms with Gasteiger partial charge in [0.1, 0.15) is 5.82 Å². The van der Waals surface area contributed by atoms with Crippen molar-refractivity contribution in [3.63, 3.8) is 0 Å². The van der Waals surface area contributed by atoms with Crippen LogP contribution in [-0.4, -0.2) is 16.9 Å². The van der Waals surface area contributed by atoms with Crippen LogP contribution < -0.4 is 5.73 Å². The first kappa shape index (κ1) is 13.4. The number of halogens is 3. The number of nitro groups is 1. The Labute approximate surface area is 95.4 Å². The zero-order valence-electron chi connectivity index (χ0n) is 8.99. The molecule has 1 unspecified atom stereocenters. The molecule has 0 aliphatic rings. The SMILES string of the molecule is CC(N)(Cc1c(F)cccc1[N+](=O)[O-])C(F)F. The Morgan fingerprint density at radius 2 is 2.12 bits per heavy atom. The van der Waals surface area contributed by atoms with Crippen LogP contribution in [0.15, 0.2) is 18.2 Å². The lowest BCUT2D eigenvalue weighted by Crippen LogP contribution is -2.46. The van der Waals surface area contributed by atoms with E-state index >= 15 is 0 Å². The molecule has 0 aliphatic carbocycles. The van der Waals surface area contributed by atoms with Crippen LogP contribution >= 0.6 is 0 Å². The fraction of sp³-hybridized carbons (Fsp3) is 0.400. The van der Waals surface area contributed by atoms with E-state index in [0.717, 1.165) is 25.1 Å². The summed E-state index contributed by atoms with van der Waals surface area (Å²) in [5, 5.41) is 10.6. The number of alkyl halides is 2. The molecule has 0 aromatic heterocycles. The second-order valence-corrected chi connectivity index (χ2v) is 3.98. The largest absolute Gasteiger partial charge is 0.320 e. The molecule has 1 aromatic carbocycles. The van der Waals surface area contributed by atoms with Crippen LogP contribution in [0.4, 0.5) is 18.9 Å². The van der Waals surface area contributed by atoms with Crippen LogP contribution in [-0.2, 0) is 6.42 Å². The maximum Gasteiger partial charge on any atom is 0.275 e. The van der Waals surface area contributed by atoms with Crippen molar-refractivity contribution in [3.05, 3.63) is 39.7 Å². The smallest absolute Gasteiger partial charge is 0.275 e. The molecule has 4 nitrogen and oxygen atoms in total. The minimum atomic E-state index is -2.90. The second kappa shape index (κ2) is 4.70. The minimum absolute atomic E-state index is 0.400. The maximum absolute atomic E-state index is 13.4. The summed E-state index contributed by atoms with van der Waals surface area (Å²) in [6.07, 6.45) is -3.50. The first-order chi connectivity index (χ1) is 7.75. The third kappa shape index (κ3) is 2.94. The van der Waals surface area contributed by atoms with Crippen molar-refractivity contribution in [2.75, 3.05) is 0 Å². The lowest BCUT2D eigenvalue weighted by Gasteiger charge is -2.23. The van der Waals surface area contributed by atoms with Crippen LogP contribution in [0.5, 0.6) is 0 Å². The maximum atomic E-state index is 13.4. The number of rotatable bonds is 4. The lowest BCUT2D eigenvalue weighted by molar-refractivity contribution is -0.385. The summed E-state index contributed by atoms with van der Waals surface area (Å²) in [6.45, 7) is 1.02. The highest BCUT2D eigenvalue weighted by atomic mass is 19.3. The summed E-state index contributed by atoms with van der Waals surface area (Å²) in [7, 11) is 0. The summed E-state index contributed by atoms with van der Waals surface area (Å²) in [5.74, 6) is -0.906. The Balaban J connectivity index is 3.18. The van der Waals surface area contributed by atoms with E-state index in [4.69, 9.17) is 5.73 Å². The molecule has 0 saturated heterocycles. The zero-order valence-corrected chi connectivity index (χ0v) is 8.99. The van der Waals surface area contributed by atoms with E-state index in [-0.39, 0.29) is 0 Å². The zero-order chi connectivity index (χ0) is 13.2. The molecule has 17 heavy (non-hydrogen) atoms. The molecule has 0 spiro atoms. The fourth-order valence-electron chi connectivity index (χ4n) is 1.35. The van der Waals surface area contributed by atoms with Crippen molar-refractivity contribution < 1.29 is 18.1 Å². The van der Waals surface area contributed by atoms with Gasteiger partial charge in [0.15, 0.2) is 0 Å². The van der Waals surface area contributed by atoms with Gasteiger partial charge in [0.25, 0.3) is 12.1 Å². The van der Waals surface area contributed by atoms with Crippen molar-refractivity contribution >= 4 is 5.69 Å². The predicted octanol–water partition coefficient (Wildman–Crippen LogP) is 2.26. The molecule has 7 heteroatoms. The van der Waals surface area contributed by atoms with Gasteiger partial charge in [-0.15, -0.1) is 0 Å². The van der Waals surface area contributed by atoms with E-state index in [1.807, 2.05) is 0 Å². The highest BCUT2D eigenvalue weighted by Crippen LogP contribution is 2.27. The lowest BCUT2D eigenvalue weighted by atomic mass is 9.93. The quantitative estimate of drug-likeness (QED) is 0.656. The highest BCUT2D eigenvalue weighted by molar-refractivity contribution is 5.42. The Morgan fingerprint density at radius 3 is 2.59 bits per heavy atom. The van der Waals surface area contributed by atoms with Crippen LogP contribution in [0.3, 0.4) is 0 Å². The van der Waals surface area contributed by atoms with Gasteiger partial charge in [-0.25, -0.2) is 13.2 Å². The van der Waals surface area contributed by atoms with Gasteiger partial charge < -0.3 is 5.73 Å². The van der Waals surface area contributed by atoms with E-state index < -0.39 is 40.4 Å². The van der Waals surface area contributed by atoms with Crippen molar-refractivity contribution in [1.29, 1.82) is 0 Å². The van der Waals surface area contributed by atoms with Crippen molar-refractivity contribution in [3.8, 4) is 0 Å². The van der Waals surface area contributed by atoms with Gasteiger partial charge in [-0.2, -0.15) is 0 Å². The molecule has 0 fully saturated rings. The fourth-order valence-corrected chi connectivity index (χ4v) is 1.35. The van der Waals surface area contributed by atoms with E-state index in [0.29, 0.717) is 0 Å². The standard InChI is InChI=1S/C10H11F3N2O2/c1-10(14,9(12)13)5-6-7(11)3-2-4-8(6)15(16)17/h2-4,9H,5,14H2,1H3. The van der Waals surface area contributed by atoms with Gasteiger partial charge >= 0.3 is 0 Å². The van der Waals surface area contributed by atoms with Gasteiger partial charge in [-0.3, -0.25) is 10.1 Å². The average molecular weight is 248 g/mol. The van der Waals surface area contributed by atoms with Crippen molar-refractivity contribution in [1.82, 2.24) is 0 Å². The highest BCUT2D eigenvalue weighted by Gasteiger charge is 2.34. The molecular formula is C10H11F3N2O2. The number of nitro benzene ring substituents is 1. The summed E-state index contributed by atoms with van der Waals surface area (Å²) >= 11 is 0. The Kier molecular flexibility index (Phi) is 3.72. The second-order valence-electron chi connectivity index (χ2n) is 3.98. The molecule has 0 radical (unpaired) electrons. The molecule has 0 aliphatic heterocycles. The van der Waals surface area contributed by atoms with Gasteiger partial charge in [-0.05, 0) is 13.0 Å². The summed E-state index contributed by atoms with van der Waals surface area (Å²) in [5.41, 5.74) is 2.34. The van der Waals surface area contributed by atoms with Crippen molar-refractivity contribution in [2.45, 2.75) is 25.3 Å². The molecule has 0 saturated carbocycles.